The molecule has 1 saturated heterocycles. The van der Waals surface area contributed by atoms with Gasteiger partial charge in [-0.3, -0.25) is 0 Å². The molecule has 0 aromatic heterocycles. The summed E-state index contributed by atoms with van der Waals surface area (Å²) in [5.41, 5.74) is 0. The predicted octanol–water partition coefficient (Wildman–Crippen LogP) is 0.869. The summed E-state index contributed by atoms with van der Waals surface area (Å²) < 4.78 is 15.6. The van der Waals surface area contributed by atoms with Crippen LogP contribution in [0.5, 0.6) is 0 Å². The van der Waals surface area contributed by atoms with Crippen molar-refractivity contribution >= 4 is 5.97 Å². The number of carbonyl (C=O) groups is 1. The van der Waals surface area contributed by atoms with Gasteiger partial charge in [0.25, 0.3) is 0 Å². The van der Waals surface area contributed by atoms with Gasteiger partial charge in [-0.05, 0) is 6.42 Å². The zero-order valence-electron chi connectivity index (χ0n) is 7.75. The van der Waals surface area contributed by atoms with E-state index in [-0.39, 0.29) is 6.61 Å². The molecule has 0 N–H and O–H groups in total. The van der Waals surface area contributed by atoms with Gasteiger partial charge in [-0.1, -0.05) is 6.58 Å². The van der Waals surface area contributed by atoms with Crippen molar-refractivity contribution in [3.05, 3.63) is 12.7 Å². The molecule has 0 aromatic carbocycles. The van der Waals surface area contributed by atoms with Crippen LogP contribution in [0.2, 0.25) is 0 Å². The van der Waals surface area contributed by atoms with E-state index in [0.29, 0.717) is 13.2 Å². The topological polar surface area (TPSA) is 44.8 Å². The second-order valence-electron chi connectivity index (χ2n) is 3.01. The fourth-order valence-corrected chi connectivity index (χ4v) is 1.06. The third-order valence-corrected chi connectivity index (χ3v) is 1.69. The summed E-state index contributed by atoms with van der Waals surface area (Å²) in [6.07, 6.45) is 1.93. The highest BCUT2D eigenvalue weighted by Gasteiger charge is 2.30. The van der Waals surface area contributed by atoms with Gasteiger partial charge in [0.05, 0.1) is 6.61 Å². The quantitative estimate of drug-likeness (QED) is 0.474. The van der Waals surface area contributed by atoms with Gasteiger partial charge < -0.3 is 14.2 Å². The van der Waals surface area contributed by atoms with Crippen molar-refractivity contribution < 1.29 is 19.0 Å². The third-order valence-electron chi connectivity index (χ3n) is 1.69. The van der Waals surface area contributed by atoms with Crippen LogP contribution in [-0.2, 0) is 19.0 Å². The van der Waals surface area contributed by atoms with Crippen molar-refractivity contribution in [2.45, 2.75) is 19.1 Å². The predicted molar refractivity (Wildman–Crippen MR) is 46.1 cm³/mol. The fourth-order valence-electron chi connectivity index (χ4n) is 1.06. The molecule has 0 radical (unpaired) electrons. The largest absolute Gasteiger partial charge is 0.428 e. The second-order valence-corrected chi connectivity index (χ2v) is 3.01. The van der Waals surface area contributed by atoms with Crippen LogP contribution in [0, 0.1) is 0 Å². The summed E-state index contributed by atoms with van der Waals surface area (Å²) in [6, 6.07) is 0. The Kier molecular flexibility index (Phi) is 3.45. The summed E-state index contributed by atoms with van der Waals surface area (Å²) in [6.45, 7) is 6.44. The van der Waals surface area contributed by atoms with Gasteiger partial charge in [0.15, 0.2) is 0 Å². The molecule has 74 valence electrons. The highest BCUT2D eigenvalue weighted by Crippen LogP contribution is 2.17. The molecule has 4 heteroatoms. The van der Waals surface area contributed by atoms with Crippen molar-refractivity contribution in [2.24, 2.45) is 0 Å². The van der Waals surface area contributed by atoms with E-state index < -0.39 is 11.8 Å². The van der Waals surface area contributed by atoms with Crippen LogP contribution in [0.3, 0.4) is 0 Å². The first-order valence-corrected chi connectivity index (χ1v) is 4.23. The Balaban J connectivity index is 2.51. The molecule has 1 aliphatic heterocycles. The van der Waals surface area contributed by atoms with Crippen molar-refractivity contribution in [3.63, 3.8) is 0 Å². The first-order valence-electron chi connectivity index (χ1n) is 4.23. The third kappa shape index (κ3) is 3.16. The maximum Gasteiger partial charge on any atom is 0.332 e. The van der Waals surface area contributed by atoms with Crippen LogP contribution in [0.1, 0.15) is 13.3 Å². The molecule has 13 heavy (non-hydrogen) atoms. The van der Waals surface area contributed by atoms with Gasteiger partial charge in [-0.15, -0.1) is 0 Å². The zero-order chi connectivity index (χ0) is 9.73. The monoisotopic (exact) mass is 186 g/mol. The average molecular weight is 186 g/mol. The summed E-state index contributed by atoms with van der Waals surface area (Å²) >= 11 is 0. The molecule has 1 fully saturated rings. The van der Waals surface area contributed by atoms with E-state index in [2.05, 4.69) is 6.58 Å². The molecule has 1 rings (SSSR count). The standard InChI is InChI=1S/C9H14O4/c1-3-8(10)13-9(2)7-11-5-4-6-12-9/h3H,1,4-7H2,2H3. The molecular weight excluding hydrogens is 172 g/mol. The van der Waals surface area contributed by atoms with Gasteiger partial charge in [-0.2, -0.15) is 0 Å². The maximum absolute atomic E-state index is 10.9. The van der Waals surface area contributed by atoms with Crippen molar-refractivity contribution in [3.8, 4) is 0 Å². The lowest BCUT2D eigenvalue weighted by Crippen LogP contribution is -2.38. The first-order chi connectivity index (χ1) is 6.16. The highest BCUT2D eigenvalue weighted by atomic mass is 16.7. The first kappa shape index (κ1) is 10.2. The zero-order valence-corrected chi connectivity index (χ0v) is 7.75. The van der Waals surface area contributed by atoms with Crippen LogP contribution in [0.4, 0.5) is 0 Å². The van der Waals surface area contributed by atoms with Crippen LogP contribution in [0.25, 0.3) is 0 Å². The van der Waals surface area contributed by atoms with Crippen LogP contribution in [-0.4, -0.2) is 31.6 Å². The lowest BCUT2D eigenvalue weighted by molar-refractivity contribution is -0.228. The maximum atomic E-state index is 10.9. The molecule has 0 aromatic rings. The van der Waals surface area contributed by atoms with Gasteiger partial charge >= 0.3 is 5.97 Å². The van der Waals surface area contributed by atoms with Gasteiger partial charge in [0.2, 0.25) is 5.79 Å². The molecule has 1 atom stereocenters. The summed E-state index contributed by atoms with van der Waals surface area (Å²) in [4.78, 5) is 10.9. The molecule has 4 nitrogen and oxygen atoms in total. The number of rotatable bonds is 2. The fraction of sp³-hybridized carbons (Fsp3) is 0.667. The van der Waals surface area contributed by atoms with Crippen molar-refractivity contribution in [2.75, 3.05) is 19.8 Å². The Morgan fingerprint density at radius 2 is 2.38 bits per heavy atom. The van der Waals surface area contributed by atoms with Crippen LogP contribution in [0.15, 0.2) is 12.7 Å². The van der Waals surface area contributed by atoms with Gasteiger partial charge in [0, 0.05) is 19.6 Å². The van der Waals surface area contributed by atoms with Crippen molar-refractivity contribution in [1.29, 1.82) is 0 Å². The number of hydrogen-bond donors (Lipinski definition) is 0. The summed E-state index contributed by atoms with van der Waals surface area (Å²) in [5.74, 6) is -1.45. The number of esters is 1. The Morgan fingerprint density at radius 1 is 1.62 bits per heavy atom. The Labute approximate surface area is 77.5 Å². The molecule has 1 aliphatic rings. The average Bonchev–Trinajstić information content (AvgIpc) is 2.30. The lowest BCUT2D eigenvalue weighted by Gasteiger charge is -2.26. The second kappa shape index (κ2) is 4.39. The minimum atomic E-state index is -0.957. The van der Waals surface area contributed by atoms with Crippen LogP contribution >= 0.6 is 0 Å². The van der Waals surface area contributed by atoms with E-state index in [1.165, 1.54) is 0 Å². The van der Waals surface area contributed by atoms with E-state index in [4.69, 9.17) is 14.2 Å². The lowest BCUT2D eigenvalue weighted by atomic mass is 10.3. The summed E-state index contributed by atoms with van der Waals surface area (Å²) in [5, 5.41) is 0. The number of carbonyl (C=O) groups excluding carboxylic acids is 1. The number of hydrogen-bond acceptors (Lipinski definition) is 4. The molecule has 0 spiro atoms. The Bertz CT molecular complexity index is 192. The molecule has 0 aliphatic carbocycles. The SMILES string of the molecule is C=CC(=O)OC1(C)COCCCO1. The van der Waals surface area contributed by atoms with E-state index in [0.717, 1.165) is 12.5 Å². The van der Waals surface area contributed by atoms with E-state index in [1.54, 1.807) is 6.92 Å². The van der Waals surface area contributed by atoms with Crippen LogP contribution < -0.4 is 0 Å². The van der Waals surface area contributed by atoms with Crippen molar-refractivity contribution in [1.82, 2.24) is 0 Å². The van der Waals surface area contributed by atoms with E-state index >= 15 is 0 Å². The molecular formula is C9H14O4. The van der Waals surface area contributed by atoms with Gasteiger partial charge in [-0.25, -0.2) is 4.79 Å². The Morgan fingerprint density at radius 3 is 3.08 bits per heavy atom. The number of ether oxygens (including phenoxy) is 3. The minimum Gasteiger partial charge on any atom is -0.428 e. The highest BCUT2D eigenvalue weighted by molar-refractivity contribution is 5.81. The minimum absolute atomic E-state index is 0.270. The molecule has 0 bridgehead atoms. The molecule has 0 amide bonds. The summed E-state index contributed by atoms with van der Waals surface area (Å²) in [7, 11) is 0. The van der Waals surface area contributed by atoms with Gasteiger partial charge in [0.1, 0.15) is 6.61 Å². The molecule has 1 unspecified atom stereocenters. The van der Waals surface area contributed by atoms with E-state index in [9.17, 15) is 4.79 Å². The molecule has 0 saturated carbocycles. The Hall–Kier alpha value is -0.870. The smallest absolute Gasteiger partial charge is 0.332 e. The normalized spacial score (nSPS) is 29.0. The molecule has 1 heterocycles. The van der Waals surface area contributed by atoms with E-state index in [1.807, 2.05) is 0 Å².